The highest BCUT2D eigenvalue weighted by molar-refractivity contribution is 6.32. The van der Waals surface area contributed by atoms with Crippen LogP contribution in [0.4, 0.5) is 13.2 Å². The van der Waals surface area contributed by atoms with E-state index in [2.05, 4.69) is 10.2 Å². The Bertz CT molecular complexity index is 415. The van der Waals surface area contributed by atoms with Gasteiger partial charge in [0.1, 0.15) is 12.4 Å². The lowest BCUT2D eigenvalue weighted by molar-refractivity contribution is -0.175. The van der Waals surface area contributed by atoms with Gasteiger partial charge >= 0.3 is 6.18 Å². The van der Waals surface area contributed by atoms with Crippen molar-refractivity contribution >= 4 is 11.6 Å². The minimum Gasteiger partial charge on any atom is -0.495 e. The number of halogens is 4. The Kier molecular flexibility index (Phi) is 5.86. The predicted molar refractivity (Wildman–Crippen MR) is 64.9 cm³/mol. The molecule has 0 amide bonds. The lowest BCUT2D eigenvalue weighted by Crippen LogP contribution is -2.32. The summed E-state index contributed by atoms with van der Waals surface area (Å²) in [6.45, 7) is -1.54. The van der Waals surface area contributed by atoms with Crippen LogP contribution < -0.4 is 16.0 Å². The maximum absolute atomic E-state index is 12.0. The van der Waals surface area contributed by atoms with Crippen molar-refractivity contribution in [1.82, 2.24) is 5.43 Å². The Morgan fingerprint density at radius 2 is 2.11 bits per heavy atom. The molecule has 0 saturated carbocycles. The lowest BCUT2D eigenvalue weighted by atomic mass is 10.1. The topological polar surface area (TPSA) is 56.5 Å². The van der Waals surface area contributed by atoms with Gasteiger partial charge in [0.2, 0.25) is 0 Å². The van der Waals surface area contributed by atoms with Crippen LogP contribution in [0, 0.1) is 0 Å². The summed E-state index contributed by atoms with van der Waals surface area (Å²) in [5.74, 6) is 5.71. The molecule has 0 aliphatic carbocycles. The molecule has 0 aliphatic rings. The van der Waals surface area contributed by atoms with E-state index in [4.69, 9.17) is 22.2 Å². The fourth-order valence-corrected chi connectivity index (χ4v) is 1.62. The molecular weight excluding hydrogens is 285 g/mol. The molecule has 1 aromatic carbocycles. The second-order valence-electron chi connectivity index (χ2n) is 3.74. The number of hydrogen-bond acceptors (Lipinski definition) is 4. The monoisotopic (exact) mass is 298 g/mol. The summed E-state index contributed by atoms with van der Waals surface area (Å²) in [5.41, 5.74) is 3.00. The van der Waals surface area contributed by atoms with Gasteiger partial charge in [-0.25, -0.2) is 0 Å². The zero-order valence-electron chi connectivity index (χ0n) is 10.1. The van der Waals surface area contributed by atoms with E-state index in [0.717, 1.165) is 0 Å². The average Bonchev–Trinajstić information content (AvgIpc) is 2.34. The van der Waals surface area contributed by atoms with Crippen LogP contribution in [0.15, 0.2) is 18.2 Å². The average molecular weight is 299 g/mol. The van der Waals surface area contributed by atoms with Gasteiger partial charge in [-0.15, -0.1) is 0 Å². The molecule has 1 unspecified atom stereocenters. The normalized spacial score (nSPS) is 13.4. The molecule has 0 radical (unpaired) electrons. The summed E-state index contributed by atoms with van der Waals surface area (Å²) in [5, 5.41) is 0.401. The van der Waals surface area contributed by atoms with Crippen LogP contribution in [0.25, 0.3) is 0 Å². The maximum Gasteiger partial charge on any atom is 0.411 e. The van der Waals surface area contributed by atoms with Crippen molar-refractivity contribution in [3.05, 3.63) is 28.8 Å². The van der Waals surface area contributed by atoms with Gasteiger partial charge in [0.15, 0.2) is 0 Å². The van der Waals surface area contributed by atoms with Crippen molar-refractivity contribution in [3.63, 3.8) is 0 Å². The number of rotatable bonds is 6. The molecule has 19 heavy (non-hydrogen) atoms. The first kappa shape index (κ1) is 16.0. The zero-order valence-corrected chi connectivity index (χ0v) is 10.9. The van der Waals surface area contributed by atoms with Crippen molar-refractivity contribution in [1.29, 1.82) is 0 Å². The molecule has 0 spiro atoms. The highest BCUT2D eigenvalue weighted by atomic mass is 35.5. The number of methoxy groups -OCH3 is 1. The van der Waals surface area contributed by atoms with Crippen LogP contribution in [-0.2, 0) is 4.74 Å². The van der Waals surface area contributed by atoms with Crippen LogP contribution in [0.3, 0.4) is 0 Å². The SMILES string of the molecule is COc1cc(C(COCC(F)(F)F)NN)ccc1Cl. The van der Waals surface area contributed by atoms with Crippen LogP contribution in [0.5, 0.6) is 5.75 Å². The van der Waals surface area contributed by atoms with Crippen molar-refractivity contribution in [2.24, 2.45) is 5.84 Å². The summed E-state index contributed by atoms with van der Waals surface area (Å²) in [6, 6.07) is 4.20. The molecule has 0 saturated heterocycles. The smallest absolute Gasteiger partial charge is 0.411 e. The highest BCUT2D eigenvalue weighted by Crippen LogP contribution is 2.28. The van der Waals surface area contributed by atoms with Crippen LogP contribution >= 0.6 is 11.6 Å². The first-order chi connectivity index (χ1) is 8.87. The summed E-state index contributed by atoms with van der Waals surface area (Å²) >= 11 is 5.85. The molecule has 0 bridgehead atoms. The van der Waals surface area contributed by atoms with E-state index in [1.54, 1.807) is 18.2 Å². The molecule has 1 rings (SSSR count). The molecule has 108 valence electrons. The number of nitrogens with two attached hydrogens (primary N) is 1. The summed E-state index contributed by atoms with van der Waals surface area (Å²) in [6.07, 6.45) is -4.36. The largest absolute Gasteiger partial charge is 0.495 e. The summed E-state index contributed by atoms with van der Waals surface area (Å²) in [4.78, 5) is 0. The molecule has 4 nitrogen and oxygen atoms in total. The highest BCUT2D eigenvalue weighted by Gasteiger charge is 2.28. The van der Waals surface area contributed by atoms with E-state index < -0.39 is 18.8 Å². The minimum atomic E-state index is -4.36. The molecule has 0 fully saturated rings. The Balaban J connectivity index is 2.69. The third-order valence-corrected chi connectivity index (χ3v) is 2.64. The number of ether oxygens (including phenoxy) is 2. The van der Waals surface area contributed by atoms with Crippen molar-refractivity contribution in [2.45, 2.75) is 12.2 Å². The minimum absolute atomic E-state index is 0.221. The Labute approximate surface area is 113 Å². The van der Waals surface area contributed by atoms with Gasteiger partial charge in [-0.05, 0) is 17.7 Å². The fourth-order valence-electron chi connectivity index (χ4n) is 1.43. The third kappa shape index (κ3) is 5.23. The Hall–Kier alpha value is -1.02. The first-order valence-corrected chi connectivity index (χ1v) is 5.69. The van der Waals surface area contributed by atoms with Crippen molar-refractivity contribution < 1.29 is 22.6 Å². The molecule has 1 atom stereocenters. The Morgan fingerprint density at radius 3 is 2.63 bits per heavy atom. The van der Waals surface area contributed by atoms with Crippen molar-refractivity contribution in [2.75, 3.05) is 20.3 Å². The summed E-state index contributed by atoms with van der Waals surface area (Å²) < 4.78 is 45.5. The van der Waals surface area contributed by atoms with E-state index in [1.165, 1.54) is 7.11 Å². The number of nitrogens with one attached hydrogen (secondary N) is 1. The van der Waals surface area contributed by atoms with Crippen LogP contribution in [0.1, 0.15) is 11.6 Å². The molecule has 0 aliphatic heterocycles. The van der Waals surface area contributed by atoms with Gasteiger partial charge in [-0.3, -0.25) is 11.3 Å². The maximum atomic E-state index is 12.0. The summed E-state index contributed by atoms with van der Waals surface area (Å²) in [7, 11) is 1.44. The Morgan fingerprint density at radius 1 is 1.42 bits per heavy atom. The molecule has 3 N–H and O–H groups in total. The predicted octanol–water partition coefficient (Wildman–Crippen LogP) is 2.43. The van der Waals surface area contributed by atoms with Gasteiger partial charge < -0.3 is 9.47 Å². The van der Waals surface area contributed by atoms with Gasteiger partial charge in [-0.1, -0.05) is 17.7 Å². The number of hydrazine groups is 1. The van der Waals surface area contributed by atoms with Gasteiger partial charge in [0, 0.05) is 0 Å². The quantitative estimate of drug-likeness (QED) is 0.625. The van der Waals surface area contributed by atoms with Crippen molar-refractivity contribution in [3.8, 4) is 5.75 Å². The first-order valence-electron chi connectivity index (χ1n) is 5.31. The second kappa shape index (κ2) is 6.95. The van der Waals surface area contributed by atoms with E-state index in [9.17, 15) is 13.2 Å². The standard InChI is InChI=1S/C11H14ClF3N2O2/c1-18-10-4-7(2-3-8(10)12)9(17-16)5-19-6-11(13,14)15/h2-4,9,17H,5-6,16H2,1H3. The zero-order chi connectivity index (χ0) is 14.5. The van der Waals surface area contributed by atoms with Gasteiger partial charge in [0.25, 0.3) is 0 Å². The molecule has 1 aromatic rings. The molecule has 0 heterocycles. The number of hydrogen-bond donors (Lipinski definition) is 2. The molecular formula is C11H14ClF3N2O2. The van der Waals surface area contributed by atoms with E-state index in [-0.39, 0.29) is 6.61 Å². The number of benzene rings is 1. The van der Waals surface area contributed by atoms with E-state index in [1.807, 2.05) is 0 Å². The van der Waals surface area contributed by atoms with Gasteiger partial charge in [-0.2, -0.15) is 13.2 Å². The molecule has 0 aromatic heterocycles. The lowest BCUT2D eigenvalue weighted by Gasteiger charge is -2.18. The third-order valence-electron chi connectivity index (χ3n) is 2.33. The van der Waals surface area contributed by atoms with Crippen LogP contribution in [0.2, 0.25) is 5.02 Å². The second-order valence-corrected chi connectivity index (χ2v) is 4.15. The van der Waals surface area contributed by atoms with Gasteiger partial charge in [0.05, 0.1) is 24.8 Å². The molecule has 8 heteroatoms. The number of alkyl halides is 3. The van der Waals surface area contributed by atoms with E-state index >= 15 is 0 Å². The van der Waals surface area contributed by atoms with E-state index in [0.29, 0.717) is 16.3 Å². The fraction of sp³-hybridized carbons (Fsp3) is 0.455. The van der Waals surface area contributed by atoms with Crippen LogP contribution in [-0.4, -0.2) is 26.5 Å².